The highest BCUT2D eigenvalue weighted by atomic mass is 19.1. The number of aryl methyl sites for hydroxylation is 1. The first-order valence-electron chi connectivity index (χ1n) is 4.32. The lowest BCUT2D eigenvalue weighted by Crippen LogP contribution is -2.17. The highest BCUT2D eigenvalue weighted by Gasteiger charge is 2.24. The Balaban J connectivity index is 2.51. The fourth-order valence-corrected chi connectivity index (χ4v) is 1.71. The smallest absolute Gasteiger partial charge is 0.127 e. The Morgan fingerprint density at radius 2 is 2.31 bits per heavy atom. The summed E-state index contributed by atoms with van der Waals surface area (Å²) >= 11 is 0. The molecule has 0 aliphatic carbocycles. The topological polar surface area (TPSA) is 21.3 Å². The lowest BCUT2D eigenvalue weighted by Gasteiger charge is -2.06. The zero-order chi connectivity index (χ0) is 9.42. The van der Waals surface area contributed by atoms with Gasteiger partial charge in [-0.05, 0) is 31.7 Å². The van der Waals surface area contributed by atoms with Gasteiger partial charge in [0.1, 0.15) is 18.2 Å². The highest BCUT2D eigenvalue weighted by molar-refractivity contribution is 5.45. The van der Waals surface area contributed by atoms with Crippen LogP contribution in [-0.4, -0.2) is 13.7 Å². The quantitative estimate of drug-likeness (QED) is 0.713. The van der Waals surface area contributed by atoms with Crippen LogP contribution >= 0.6 is 0 Å². The van der Waals surface area contributed by atoms with Crippen LogP contribution in [0, 0.1) is 12.7 Å². The molecule has 2 nitrogen and oxygen atoms in total. The summed E-state index contributed by atoms with van der Waals surface area (Å²) in [7, 11) is 1.85. The van der Waals surface area contributed by atoms with Gasteiger partial charge in [-0.2, -0.15) is 0 Å². The van der Waals surface area contributed by atoms with E-state index in [-0.39, 0.29) is 11.9 Å². The molecule has 1 aromatic rings. The SMILES string of the molecule is CNC1COc2c(C)cc(F)cc21. The van der Waals surface area contributed by atoms with Gasteiger partial charge in [0.15, 0.2) is 0 Å². The van der Waals surface area contributed by atoms with Crippen molar-refractivity contribution >= 4 is 0 Å². The van der Waals surface area contributed by atoms with Crippen molar-refractivity contribution in [2.75, 3.05) is 13.7 Å². The highest BCUT2D eigenvalue weighted by Crippen LogP contribution is 2.35. The summed E-state index contributed by atoms with van der Waals surface area (Å²) in [6.07, 6.45) is 0. The summed E-state index contributed by atoms with van der Waals surface area (Å²) in [6.45, 7) is 2.45. The van der Waals surface area contributed by atoms with Gasteiger partial charge < -0.3 is 10.1 Å². The fourth-order valence-electron chi connectivity index (χ4n) is 1.71. The third kappa shape index (κ3) is 1.29. The monoisotopic (exact) mass is 181 g/mol. The molecule has 0 saturated heterocycles. The Hall–Kier alpha value is -1.09. The molecular weight excluding hydrogens is 169 g/mol. The molecule has 1 aromatic carbocycles. The van der Waals surface area contributed by atoms with Gasteiger partial charge in [-0.25, -0.2) is 4.39 Å². The zero-order valence-corrected chi connectivity index (χ0v) is 7.73. The number of halogens is 1. The maximum atomic E-state index is 13.0. The lowest BCUT2D eigenvalue weighted by molar-refractivity contribution is 0.316. The van der Waals surface area contributed by atoms with Crippen molar-refractivity contribution in [2.24, 2.45) is 0 Å². The van der Waals surface area contributed by atoms with Crippen LogP contribution in [0.3, 0.4) is 0 Å². The Bertz CT molecular complexity index is 338. The molecule has 0 bridgehead atoms. The summed E-state index contributed by atoms with van der Waals surface area (Å²) in [5.41, 5.74) is 1.80. The average Bonchev–Trinajstić information content (AvgIpc) is 2.47. The molecule has 13 heavy (non-hydrogen) atoms. The van der Waals surface area contributed by atoms with E-state index < -0.39 is 0 Å². The Labute approximate surface area is 76.7 Å². The second kappa shape index (κ2) is 3.00. The molecule has 0 radical (unpaired) electrons. The van der Waals surface area contributed by atoms with E-state index in [9.17, 15) is 4.39 Å². The summed E-state index contributed by atoms with van der Waals surface area (Å²) in [5, 5.41) is 3.08. The van der Waals surface area contributed by atoms with E-state index in [0.29, 0.717) is 6.61 Å². The van der Waals surface area contributed by atoms with Crippen LogP contribution in [0.4, 0.5) is 4.39 Å². The van der Waals surface area contributed by atoms with Crippen LogP contribution in [0.5, 0.6) is 5.75 Å². The predicted octanol–water partition coefficient (Wildman–Crippen LogP) is 1.79. The number of nitrogens with one attached hydrogen (secondary N) is 1. The first-order valence-corrected chi connectivity index (χ1v) is 4.32. The van der Waals surface area contributed by atoms with Crippen LogP contribution < -0.4 is 10.1 Å². The van der Waals surface area contributed by atoms with E-state index in [1.165, 1.54) is 12.1 Å². The molecule has 1 atom stereocenters. The molecule has 70 valence electrons. The number of rotatable bonds is 1. The molecular formula is C10H12FNO. The van der Waals surface area contributed by atoms with Gasteiger partial charge in [0, 0.05) is 5.56 Å². The van der Waals surface area contributed by atoms with Crippen molar-refractivity contribution in [1.29, 1.82) is 0 Å². The van der Waals surface area contributed by atoms with Crippen LogP contribution in [0.25, 0.3) is 0 Å². The molecule has 1 unspecified atom stereocenters. The molecule has 0 spiro atoms. The number of benzene rings is 1. The third-order valence-corrected chi connectivity index (χ3v) is 2.39. The lowest BCUT2D eigenvalue weighted by atomic mass is 10.1. The minimum atomic E-state index is -0.193. The maximum absolute atomic E-state index is 13.0. The van der Waals surface area contributed by atoms with Crippen molar-refractivity contribution in [2.45, 2.75) is 13.0 Å². The van der Waals surface area contributed by atoms with Crippen molar-refractivity contribution in [3.05, 3.63) is 29.1 Å². The molecule has 0 amide bonds. The summed E-state index contributed by atoms with van der Waals surface area (Å²) in [5.74, 6) is 0.641. The summed E-state index contributed by atoms with van der Waals surface area (Å²) < 4.78 is 18.5. The van der Waals surface area contributed by atoms with Gasteiger partial charge in [0.25, 0.3) is 0 Å². The first kappa shape index (κ1) is 8.51. The minimum absolute atomic E-state index is 0.129. The first-order chi connectivity index (χ1) is 6.22. The van der Waals surface area contributed by atoms with Crippen molar-refractivity contribution in [1.82, 2.24) is 5.32 Å². The molecule has 0 aromatic heterocycles. The zero-order valence-electron chi connectivity index (χ0n) is 7.73. The Kier molecular flexibility index (Phi) is 1.96. The van der Waals surface area contributed by atoms with E-state index in [4.69, 9.17) is 4.74 Å². The number of fused-ring (bicyclic) bond motifs is 1. The molecule has 0 fully saturated rings. The number of likely N-dealkylation sites (N-methyl/N-ethyl adjacent to an activating group) is 1. The van der Waals surface area contributed by atoms with Crippen LogP contribution in [0.15, 0.2) is 12.1 Å². The van der Waals surface area contributed by atoms with E-state index in [1.807, 2.05) is 14.0 Å². The van der Waals surface area contributed by atoms with Gasteiger partial charge in [-0.3, -0.25) is 0 Å². The second-order valence-electron chi connectivity index (χ2n) is 3.29. The van der Waals surface area contributed by atoms with E-state index in [1.54, 1.807) is 0 Å². The molecule has 0 saturated carbocycles. The van der Waals surface area contributed by atoms with Gasteiger partial charge >= 0.3 is 0 Å². The molecule has 1 aliphatic heterocycles. The molecule has 3 heteroatoms. The summed E-state index contributed by atoms with van der Waals surface area (Å²) in [6, 6.07) is 3.16. The maximum Gasteiger partial charge on any atom is 0.127 e. The van der Waals surface area contributed by atoms with Crippen LogP contribution in [0.1, 0.15) is 17.2 Å². The third-order valence-electron chi connectivity index (χ3n) is 2.39. The van der Waals surface area contributed by atoms with Gasteiger partial charge in [-0.1, -0.05) is 0 Å². The standard InChI is InChI=1S/C10H12FNO/c1-6-3-7(11)4-8-9(12-2)5-13-10(6)8/h3-4,9,12H,5H2,1-2H3. The number of ether oxygens (including phenoxy) is 1. The van der Waals surface area contributed by atoms with E-state index >= 15 is 0 Å². The molecule has 1 heterocycles. The van der Waals surface area contributed by atoms with Crippen LogP contribution in [-0.2, 0) is 0 Å². The molecule has 1 aliphatic rings. The van der Waals surface area contributed by atoms with Crippen molar-refractivity contribution < 1.29 is 9.13 Å². The Morgan fingerprint density at radius 1 is 1.54 bits per heavy atom. The summed E-state index contributed by atoms with van der Waals surface area (Å²) in [4.78, 5) is 0. The van der Waals surface area contributed by atoms with E-state index in [2.05, 4.69) is 5.32 Å². The average molecular weight is 181 g/mol. The number of hydrogen-bond acceptors (Lipinski definition) is 2. The second-order valence-corrected chi connectivity index (χ2v) is 3.29. The number of hydrogen-bond donors (Lipinski definition) is 1. The van der Waals surface area contributed by atoms with Crippen molar-refractivity contribution in [3.8, 4) is 5.75 Å². The minimum Gasteiger partial charge on any atom is -0.491 e. The Morgan fingerprint density at radius 3 is 3.00 bits per heavy atom. The predicted molar refractivity (Wildman–Crippen MR) is 48.4 cm³/mol. The normalized spacial score (nSPS) is 19.8. The fraction of sp³-hybridized carbons (Fsp3) is 0.400. The molecule has 1 N–H and O–H groups in total. The van der Waals surface area contributed by atoms with E-state index in [0.717, 1.165) is 16.9 Å². The van der Waals surface area contributed by atoms with Crippen molar-refractivity contribution in [3.63, 3.8) is 0 Å². The van der Waals surface area contributed by atoms with Crippen LogP contribution in [0.2, 0.25) is 0 Å². The van der Waals surface area contributed by atoms with Gasteiger partial charge in [-0.15, -0.1) is 0 Å². The van der Waals surface area contributed by atoms with Gasteiger partial charge in [0.05, 0.1) is 6.04 Å². The van der Waals surface area contributed by atoms with Gasteiger partial charge in [0.2, 0.25) is 0 Å². The largest absolute Gasteiger partial charge is 0.491 e. The molecule has 2 rings (SSSR count).